The van der Waals surface area contributed by atoms with Crippen molar-refractivity contribution in [1.82, 2.24) is 9.78 Å². The minimum atomic E-state index is 0.145. The molecule has 1 aromatic heterocycles. The summed E-state index contributed by atoms with van der Waals surface area (Å²) >= 11 is 0. The molecule has 0 saturated heterocycles. The van der Waals surface area contributed by atoms with E-state index in [4.69, 9.17) is 0 Å². The van der Waals surface area contributed by atoms with E-state index in [0.717, 1.165) is 0 Å². The Bertz CT molecular complexity index is 441. The number of ketones is 1. The minimum Gasteiger partial charge on any atom is -0.294 e. The second kappa shape index (κ2) is 3.85. The molecule has 1 saturated carbocycles. The van der Waals surface area contributed by atoms with Crippen LogP contribution in [-0.2, 0) is 0 Å². The van der Waals surface area contributed by atoms with Crippen LogP contribution in [-0.4, -0.2) is 21.8 Å². The van der Waals surface area contributed by atoms with Gasteiger partial charge in [-0.2, -0.15) is 5.10 Å². The predicted octanol–water partition coefficient (Wildman–Crippen LogP) is 2.68. The number of aliphatic imine (C=N–C) groups is 1. The minimum absolute atomic E-state index is 0.145. The lowest BCUT2D eigenvalue weighted by Gasteiger charge is -2.21. The number of nitrogens with zero attached hydrogens (tertiary/aromatic N) is 3. The quantitative estimate of drug-likeness (QED) is 0.726. The van der Waals surface area contributed by atoms with Crippen molar-refractivity contribution in [3.8, 4) is 0 Å². The molecule has 0 N–H and O–H groups in total. The molecule has 84 valence electrons. The van der Waals surface area contributed by atoms with E-state index in [1.165, 1.54) is 32.1 Å². The highest BCUT2D eigenvalue weighted by Gasteiger charge is 2.22. The average Bonchev–Trinajstić information content (AvgIpc) is 2.76. The van der Waals surface area contributed by atoms with E-state index >= 15 is 0 Å². The first kappa shape index (κ1) is 9.75. The summed E-state index contributed by atoms with van der Waals surface area (Å²) in [5, 5.41) is 4.42. The van der Waals surface area contributed by atoms with Gasteiger partial charge in [0.05, 0.1) is 11.6 Å². The van der Waals surface area contributed by atoms with Crippen LogP contribution in [0.15, 0.2) is 11.2 Å². The molecule has 1 fully saturated rings. The van der Waals surface area contributed by atoms with Crippen LogP contribution in [0.3, 0.4) is 0 Å². The second-order valence-corrected chi connectivity index (χ2v) is 4.58. The molecule has 0 spiro atoms. The summed E-state index contributed by atoms with van der Waals surface area (Å²) in [7, 11) is 0. The second-order valence-electron chi connectivity index (χ2n) is 4.58. The molecule has 0 amide bonds. The maximum absolute atomic E-state index is 11.6. The van der Waals surface area contributed by atoms with Crippen molar-refractivity contribution < 1.29 is 4.79 Å². The number of carbonyl (C=O) groups is 1. The fourth-order valence-corrected chi connectivity index (χ4v) is 2.53. The first-order valence-electron chi connectivity index (χ1n) is 5.99. The summed E-state index contributed by atoms with van der Waals surface area (Å²) in [6.07, 6.45) is 10.2. The Labute approximate surface area is 94.4 Å². The number of Topliss-reactive ketones (excluding diaryl/α,β-unsaturated/α-hetero) is 1. The zero-order valence-corrected chi connectivity index (χ0v) is 9.22. The Hall–Kier alpha value is -1.45. The molecule has 0 aromatic carbocycles. The van der Waals surface area contributed by atoms with Gasteiger partial charge in [0.15, 0.2) is 11.6 Å². The monoisotopic (exact) mass is 217 g/mol. The van der Waals surface area contributed by atoms with Crippen LogP contribution in [0.5, 0.6) is 0 Å². The fraction of sp³-hybridized carbons (Fsp3) is 0.583. The van der Waals surface area contributed by atoms with Gasteiger partial charge in [0.25, 0.3) is 0 Å². The number of carbonyl (C=O) groups excluding carboxylic acids is 1. The van der Waals surface area contributed by atoms with Gasteiger partial charge in [-0.05, 0) is 12.8 Å². The van der Waals surface area contributed by atoms with Gasteiger partial charge in [0, 0.05) is 18.8 Å². The standard InChI is InChI=1S/C12H15N3O/c16-11-6-7-13-12-10(11)8-15(14-12)9-4-2-1-3-5-9/h7-9H,1-6H2. The first-order valence-corrected chi connectivity index (χ1v) is 5.99. The number of fused-ring (bicyclic) bond motifs is 1. The van der Waals surface area contributed by atoms with E-state index in [-0.39, 0.29) is 5.78 Å². The van der Waals surface area contributed by atoms with Crippen LogP contribution in [0.2, 0.25) is 0 Å². The van der Waals surface area contributed by atoms with Crippen LogP contribution in [0.4, 0.5) is 5.82 Å². The normalized spacial score (nSPS) is 21.1. The molecule has 2 aliphatic rings. The molecule has 4 heteroatoms. The van der Waals surface area contributed by atoms with Gasteiger partial charge < -0.3 is 0 Å². The van der Waals surface area contributed by atoms with Gasteiger partial charge in [0.2, 0.25) is 0 Å². The van der Waals surface area contributed by atoms with Gasteiger partial charge in [0.1, 0.15) is 0 Å². The highest BCUT2D eigenvalue weighted by molar-refractivity contribution is 6.09. The van der Waals surface area contributed by atoms with Gasteiger partial charge in [-0.25, -0.2) is 4.99 Å². The molecule has 0 unspecified atom stereocenters. The summed E-state index contributed by atoms with van der Waals surface area (Å²) in [6, 6.07) is 0.474. The zero-order valence-electron chi connectivity index (χ0n) is 9.22. The maximum Gasteiger partial charge on any atom is 0.184 e. The van der Waals surface area contributed by atoms with Crippen molar-refractivity contribution in [1.29, 1.82) is 0 Å². The van der Waals surface area contributed by atoms with E-state index in [2.05, 4.69) is 10.1 Å². The van der Waals surface area contributed by atoms with Crippen LogP contribution in [0, 0.1) is 0 Å². The molecule has 16 heavy (non-hydrogen) atoms. The number of rotatable bonds is 1. The summed E-state index contributed by atoms with van der Waals surface area (Å²) in [4.78, 5) is 15.8. The van der Waals surface area contributed by atoms with E-state index < -0.39 is 0 Å². The van der Waals surface area contributed by atoms with Gasteiger partial charge in [-0.15, -0.1) is 0 Å². The van der Waals surface area contributed by atoms with Crippen molar-refractivity contribution in [2.24, 2.45) is 4.99 Å². The van der Waals surface area contributed by atoms with Crippen LogP contribution in [0.25, 0.3) is 0 Å². The highest BCUT2D eigenvalue weighted by Crippen LogP contribution is 2.30. The predicted molar refractivity (Wildman–Crippen MR) is 61.4 cm³/mol. The lowest BCUT2D eigenvalue weighted by molar-refractivity contribution is 0.100. The molecule has 3 rings (SSSR count). The third-order valence-electron chi connectivity index (χ3n) is 3.45. The van der Waals surface area contributed by atoms with Crippen LogP contribution in [0.1, 0.15) is 54.9 Å². The topological polar surface area (TPSA) is 47.2 Å². The summed E-state index contributed by atoms with van der Waals surface area (Å²) in [5.74, 6) is 0.758. The van der Waals surface area contributed by atoms with Crippen molar-refractivity contribution in [3.05, 3.63) is 11.8 Å². The smallest absolute Gasteiger partial charge is 0.184 e. The summed E-state index contributed by atoms with van der Waals surface area (Å²) in [6.45, 7) is 0. The van der Waals surface area contributed by atoms with Crippen molar-refractivity contribution >= 4 is 17.8 Å². The molecule has 0 radical (unpaired) electrons. The molecule has 4 nitrogen and oxygen atoms in total. The molecule has 1 aliphatic heterocycles. The van der Waals surface area contributed by atoms with Gasteiger partial charge in [-0.1, -0.05) is 19.3 Å². The fourth-order valence-electron chi connectivity index (χ4n) is 2.53. The Morgan fingerprint density at radius 3 is 2.81 bits per heavy atom. The van der Waals surface area contributed by atoms with Gasteiger partial charge in [-0.3, -0.25) is 9.48 Å². The Morgan fingerprint density at radius 2 is 2.06 bits per heavy atom. The zero-order chi connectivity index (χ0) is 11.0. The number of aromatic nitrogens is 2. The lowest BCUT2D eigenvalue weighted by Crippen LogP contribution is -2.13. The van der Waals surface area contributed by atoms with Crippen LogP contribution >= 0.6 is 0 Å². The van der Waals surface area contributed by atoms with E-state index in [1.54, 1.807) is 6.21 Å². The lowest BCUT2D eigenvalue weighted by atomic mass is 9.96. The maximum atomic E-state index is 11.6. The largest absolute Gasteiger partial charge is 0.294 e. The highest BCUT2D eigenvalue weighted by atomic mass is 16.1. The van der Waals surface area contributed by atoms with Gasteiger partial charge >= 0.3 is 0 Å². The van der Waals surface area contributed by atoms with E-state index in [0.29, 0.717) is 23.8 Å². The summed E-state index contributed by atoms with van der Waals surface area (Å²) in [5.41, 5.74) is 0.702. The first-order chi connectivity index (χ1) is 7.84. The number of hydrogen-bond acceptors (Lipinski definition) is 3. The third kappa shape index (κ3) is 1.58. The molecule has 2 heterocycles. The summed E-state index contributed by atoms with van der Waals surface area (Å²) < 4.78 is 1.96. The van der Waals surface area contributed by atoms with Crippen LogP contribution < -0.4 is 0 Å². The molecule has 0 bridgehead atoms. The molecule has 1 aliphatic carbocycles. The molecule has 0 atom stereocenters. The molecular formula is C12H15N3O. The Morgan fingerprint density at radius 1 is 1.25 bits per heavy atom. The molecule has 1 aromatic rings. The van der Waals surface area contributed by atoms with Crippen molar-refractivity contribution in [3.63, 3.8) is 0 Å². The average molecular weight is 217 g/mol. The molecular weight excluding hydrogens is 202 g/mol. The Kier molecular flexibility index (Phi) is 2.35. The third-order valence-corrected chi connectivity index (χ3v) is 3.45. The van der Waals surface area contributed by atoms with Crippen molar-refractivity contribution in [2.45, 2.75) is 44.6 Å². The van der Waals surface area contributed by atoms with E-state index in [1.807, 2.05) is 10.9 Å². The van der Waals surface area contributed by atoms with Crippen molar-refractivity contribution in [2.75, 3.05) is 0 Å². The number of hydrogen-bond donors (Lipinski definition) is 0. The SMILES string of the molecule is O=C1CC=Nc2nn(C3CCCCC3)cc21. The Balaban J connectivity index is 1.91. The van der Waals surface area contributed by atoms with E-state index in [9.17, 15) is 4.79 Å².